The number of carbonyl (C=O) groups is 1. The number of halogens is 2. The zero-order chi connectivity index (χ0) is 16.4. The number of nitrogens with zero attached hydrogens (tertiary/aromatic N) is 3. The molecule has 6 nitrogen and oxygen atoms in total. The van der Waals surface area contributed by atoms with E-state index in [1.54, 1.807) is 18.2 Å². The molecule has 0 unspecified atom stereocenters. The summed E-state index contributed by atoms with van der Waals surface area (Å²) in [5, 5.41) is 10.2. The molecule has 0 saturated carbocycles. The van der Waals surface area contributed by atoms with Gasteiger partial charge in [-0.3, -0.25) is 0 Å². The monoisotopic (exact) mass is 353 g/mol. The molecule has 0 amide bonds. The average Bonchev–Trinajstić information content (AvgIpc) is 2.57. The van der Waals surface area contributed by atoms with Crippen LogP contribution in [-0.4, -0.2) is 47.3 Å². The molecule has 1 aliphatic rings. The number of aromatic carboxylic acids is 1. The second-order valence-corrected chi connectivity index (χ2v) is 5.78. The molecule has 1 aromatic carbocycles. The molecule has 0 aliphatic carbocycles. The summed E-state index contributed by atoms with van der Waals surface area (Å²) < 4.78 is 5.30. The summed E-state index contributed by atoms with van der Waals surface area (Å²) in [6, 6.07) is 5.05. The van der Waals surface area contributed by atoms with Gasteiger partial charge in [0.15, 0.2) is 5.82 Å². The number of hydrogen-bond acceptors (Lipinski definition) is 5. The summed E-state index contributed by atoms with van der Waals surface area (Å²) in [4.78, 5) is 21.9. The van der Waals surface area contributed by atoms with Crippen molar-refractivity contribution in [2.24, 2.45) is 0 Å². The predicted octanol–water partition coefficient (Wildman–Crippen LogP) is 2.99. The average molecular weight is 354 g/mol. The molecular formula is C15H13Cl2N3O3. The Labute approximate surface area is 142 Å². The molecule has 23 heavy (non-hydrogen) atoms. The normalized spacial score (nSPS) is 14.8. The van der Waals surface area contributed by atoms with Crippen LogP contribution in [0.1, 0.15) is 10.4 Å². The van der Waals surface area contributed by atoms with Gasteiger partial charge >= 0.3 is 5.97 Å². The van der Waals surface area contributed by atoms with Crippen molar-refractivity contribution in [3.63, 3.8) is 0 Å². The van der Waals surface area contributed by atoms with Gasteiger partial charge in [0, 0.05) is 24.8 Å². The van der Waals surface area contributed by atoms with Gasteiger partial charge in [-0.1, -0.05) is 23.2 Å². The lowest BCUT2D eigenvalue weighted by Gasteiger charge is -2.28. The Morgan fingerprint density at radius 2 is 1.96 bits per heavy atom. The number of ether oxygens (including phenoxy) is 1. The Bertz CT molecular complexity index is 749. The Balaban J connectivity index is 2.05. The molecule has 1 saturated heterocycles. The first-order valence-electron chi connectivity index (χ1n) is 6.94. The number of carboxylic acids is 1. The summed E-state index contributed by atoms with van der Waals surface area (Å²) in [6.07, 6.45) is 1.32. The second kappa shape index (κ2) is 6.70. The maximum Gasteiger partial charge on any atom is 0.341 e. The molecule has 2 heterocycles. The van der Waals surface area contributed by atoms with E-state index in [1.807, 2.05) is 4.90 Å². The highest BCUT2D eigenvalue weighted by atomic mass is 35.5. The molecule has 3 rings (SSSR count). The Morgan fingerprint density at radius 1 is 1.22 bits per heavy atom. The minimum absolute atomic E-state index is 0.0655. The standard InChI is InChI=1S/C15H13Cl2N3O3/c16-11-2-1-9(7-12(11)17)13-18-8-10(15(21)22)14(19-13)20-3-5-23-6-4-20/h1-2,7-8H,3-6H2,(H,21,22). The van der Waals surface area contributed by atoms with Gasteiger partial charge in [-0.2, -0.15) is 0 Å². The van der Waals surface area contributed by atoms with E-state index in [1.165, 1.54) is 6.20 Å². The fourth-order valence-electron chi connectivity index (χ4n) is 2.31. The van der Waals surface area contributed by atoms with Crippen LogP contribution >= 0.6 is 23.2 Å². The van der Waals surface area contributed by atoms with Crippen molar-refractivity contribution < 1.29 is 14.6 Å². The highest BCUT2D eigenvalue weighted by Gasteiger charge is 2.21. The molecule has 2 aromatic rings. The lowest BCUT2D eigenvalue weighted by atomic mass is 10.2. The molecule has 0 bridgehead atoms. The lowest BCUT2D eigenvalue weighted by molar-refractivity contribution is 0.0695. The number of anilines is 1. The van der Waals surface area contributed by atoms with E-state index in [9.17, 15) is 9.90 Å². The number of morpholine rings is 1. The minimum Gasteiger partial charge on any atom is -0.477 e. The van der Waals surface area contributed by atoms with Gasteiger partial charge in [-0.15, -0.1) is 0 Å². The minimum atomic E-state index is -1.06. The Morgan fingerprint density at radius 3 is 2.61 bits per heavy atom. The zero-order valence-corrected chi connectivity index (χ0v) is 13.5. The van der Waals surface area contributed by atoms with Gasteiger partial charge in [0.05, 0.1) is 23.3 Å². The third-order valence-electron chi connectivity index (χ3n) is 3.49. The smallest absolute Gasteiger partial charge is 0.341 e. The van der Waals surface area contributed by atoms with Crippen molar-refractivity contribution in [2.75, 3.05) is 31.2 Å². The molecular weight excluding hydrogens is 341 g/mol. The van der Waals surface area contributed by atoms with Crippen molar-refractivity contribution in [3.05, 3.63) is 40.0 Å². The molecule has 0 atom stereocenters. The fourth-order valence-corrected chi connectivity index (χ4v) is 2.61. The van der Waals surface area contributed by atoms with Gasteiger partial charge in [0.2, 0.25) is 0 Å². The summed E-state index contributed by atoms with van der Waals surface area (Å²) in [6.45, 7) is 2.23. The van der Waals surface area contributed by atoms with Crippen LogP contribution in [0.4, 0.5) is 5.82 Å². The van der Waals surface area contributed by atoms with Crippen LogP contribution in [0, 0.1) is 0 Å². The Hall–Kier alpha value is -1.89. The largest absolute Gasteiger partial charge is 0.477 e. The van der Waals surface area contributed by atoms with Crippen molar-refractivity contribution in [3.8, 4) is 11.4 Å². The van der Waals surface area contributed by atoms with E-state index >= 15 is 0 Å². The maximum atomic E-state index is 11.4. The van der Waals surface area contributed by atoms with Crippen molar-refractivity contribution in [2.45, 2.75) is 0 Å². The number of rotatable bonds is 3. The van der Waals surface area contributed by atoms with Crippen LogP contribution in [0.15, 0.2) is 24.4 Å². The lowest BCUT2D eigenvalue weighted by Crippen LogP contribution is -2.37. The molecule has 120 valence electrons. The van der Waals surface area contributed by atoms with Gasteiger partial charge in [0.1, 0.15) is 11.4 Å². The highest BCUT2D eigenvalue weighted by Crippen LogP contribution is 2.28. The van der Waals surface area contributed by atoms with Crippen molar-refractivity contribution in [1.82, 2.24) is 9.97 Å². The van der Waals surface area contributed by atoms with Gasteiger partial charge in [-0.05, 0) is 18.2 Å². The number of aromatic nitrogens is 2. The highest BCUT2D eigenvalue weighted by molar-refractivity contribution is 6.42. The van der Waals surface area contributed by atoms with E-state index in [2.05, 4.69) is 9.97 Å². The van der Waals surface area contributed by atoms with Crippen molar-refractivity contribution in [1.29, 1.82) is 0 Å². The topological polar surface area (TPSA) is 75.5 Å². The molecule has 0 spiro atoms. The predicted molar refractivity (Wildman–Crippen MR) is 87.5 cm³/mol. The van der Waals surface area contributed by atoms with Crippen LogP contribution in [-0.2, 0) is 4.74 Å². The van der Waals surface area contributed by atoms with Crippen LogP contribution in [0.3, 0.4) is 0 Å². The van der Waals surface area contributed by atoms with Crippen LogP contribution in [0.2, 0.25) is 10.0 Å². The number of benzene rings is 1. The van der Waals surface area contributed by atoms with E-state index in [0.717, 1.165) is 0 Å². The quantitative estimate of drug-likeness (QED) is 0.913. The molecule has 1 aromatic heterocycles. The first-order valence-corrected chi connectivity index (χ1v) is 7.70. The Kier molecular flexibility index (Phi) is 4.66. The van der Waals surface area contributed by atoms with Crippen LogP contribution < -0.4 is 4.90 Å². The van der Waals surface area contributed by atoms with Crippen LogP contribution in [0.25, 0.3) is 11.4 Å². The maximum absolute atomic E-state index is 11.4. The molecule has 8 heteroatoms. The van der Waals surface area contributed by atoms with E-state index in [0.29, 0.717) is 53.6 Å². The molecule has 0 radical (unpaired) electrons. The molecule has 1 aliphatic heterocycles. The van der Waals surface area contributed by atoms with E-state index in [4.69, 9.17) is 27.9 Å². The first kappa shape index (κ1) is 16.0. The molecule has 1 N–H and O–H groups in total. The van der Waals surface area contributed by atoms with Crippen molar-refractivity contribution >= 4 is 35.0 Å². The van der Waals surface area contributed by atoms with Gasteiger partial charge in [-0.25, -0.2) is 14.8 Å². The SMILES string of the molecule is O=C(O)c1cnc(-c2ccc(Cl)c(Cl)c2)nc1N1CCOCC1. The number of carboxylic acid groups (broad SMARTS) is 1. The third kappa shape index (κ3) is 3.39. The van der Waals surface area contributed by atoms with Gasteiger partial charge in [0.25, 0.3) is 0 Å². The summed E-state index contributed by atoms with van der Waals surface area (Å²) >= 11 is 11.9. The molecule has 1 fully saturated rings. The zero-order valence-electron chi connectivity index (χ0n) is 12.0. The van der Waals surface area contributed by atoms with Crippen LogP contribution in [0.5, 0.6) is 0 Å². The van der Waals surface area contributed by atoms with E-state index < -0.39 is 5.97 Å². The summed E-state index contributed by atoms with van der Waals surface area (Å²) in [7, 11) is 0. The van der Waals surface area contributed by atoms with Gasteiger partial charge < -0.3 is 14.7 Å². The second-order valence-electron chi connectivity index (χ2n) is 4.96. The summed E-state index contributed by atoms with van der Waals surface area (Å²) in [5.41, 5.74) is 0.738. The third-order valence-corrected chi connectivity index (χ3v) is 4.23. The number of hydrogen-bond donors (Lipinski definition) is 1. The fraction of sp³-hybridized carbons (Fsp3) is 0.267. The van der Waals surface area contributed by atoms with E-state index in [-0.39, 0.29) is 5.56 Å². The first-order chi connectivity index (χ1) is 11.1. The summed E-state index contributed by atoms with van der Waals surface area (Å²) in [5.74, 6) is -0.279.